The lowest BCUT2D eigenvalue weighted by atomic mass is 10.1. The van der Waals surface area contributed by atoms with E-state index in [1.807, 2.05) is 43.3 Å². The fourth-order valence-corrected chi connectivity index (χ4v) is 4.59. The van der Waals surface area contributed by atoms with Gasteiger partial charge in [-0.15, -0.1) is 0 Å². The molecule has 1 aliphatic heterocycles. The van der Waals surface area contributed by atoms with Crippen molar-refractivity contribution < 1.29 is 14.3 Å². The van der Waals surface area contributed by atoms with E-state index in [-0.39, 0.29) is 6.41 Å². The van der Waals surface area contributed by atoms with Crippen molar-refractivity contribution in [3.63, 3.8) is 0 Å². The van der Waals surface area contributed by atoms with Gasteiger partial charge in [-0.25, -0.2) is 0 Å². The third kappa shape index (κ3) is 6.56. The molecule has 1 amide bonds. The van der Waals surface area contributed by atoms with Gasteiger partial charge in [-0.2, -0.15) is 5.26 Å². The van der Waals surface area contributed by atoms with Crippen LogP contribution in [0.4, 0.5) is 0 Å². The van der Waals surface area contributed by atoms with Gasteiger partial charge < -0.3 is 29.6 Å². The number of nitriles is 1. The Labute approximate surface area is 213 Å². The Morgan fingerprint density at radius 1 is 1.03 bits per heavy atom. The van der Waals surface area contributed by atoms with Gasteiger partial charge in [0.05, 0.1) is 30.0 Å². The molecule has 36 heavy (non-hydrogen) atoms. The maximum atomic E-state index is 9.98. The highest BCUT2D eigenvalue weighted by atomic mass is 16.5. The van der Waals surface area contributed by atoms with Gasteiger partial charge in [0.15, 0.2) is 0 Å². The predicted molar refractivity (Wildman–Crippen MR) is 143 cm³/mol. The molecule has 0 bridgehead atoms. The first-order chi connectivity index (χ1) is 17.6. The van der Waals surface area contributed by atoms with Crippen LogP contribution in [0.2, 0.25) is 0 Å². The zero-order valence-electron chi connectivity index (χ0n) is 21.6. The fourth-order valence-electron chi connectivity index (χ4n) is 4.59. The van der Waals surface area contributed by atoms with Crippen LogP contribution in [0.5, 0.6) is 11.5 Å². The molecule has 0 unspecified atom stereocenters. The van der Waals surface area contributed by atoms with E-state index in [4.69, 9.17) is 14.3 Å². The number of piperazine rings is 1. The maximum Gasteiger partial charge on any atom is 0.204 e. The SMILES string of the molecule is CCOc1ccc(-c2c(C#N)c3ccc(OCCCN4CCN(C)CC4)cc3n2CC)cc1.NC=O. The molecule has 4 rings (SSSR count). The molecule has 8 nitrogen and oxygen atoms in total. The Kier molecular flexibility index (Phi) is 10.2. The van der Waals surface area contributed by atoms with Crippen LogP contribution in [-0.4, -0.2) is 73.8 Å². The van der Waals surface area contributed by atoms with Crippen molar-refractivity contribution in [3.05, 3.63) is 48.0 Å². The van der Waals surface area contributed by atoms with Crippen molar-refractivity contribution in [2.75, 3.05) is 53.0 Å². The van der Waals surface area contributed by atoms with Crippen LogP contribution in [0.1, 0.15) is 25.8 Å². The van der Waals surface area contributed by atoms with Crippen LogP contribution in [-0.2, 0) is 11.3 Å². The number of nitrogens with two attached hydrogens (primary N) is 1. The van der Waals surface area contributed by atoms with Crippen molar-refractivity contribution in [2.24, 2.45) is 5.73 Å². The molecule has 8 heteroatoms. The molecule has 0 radical (unpaired) electrons. The minimum atomic E-state index is 0.250. The number of primary amides is 1. The molecule has 1 aliphatic rings. The second-order valence-electron chi connectivity index (χ2n) is 8.70. The Balaban J connectivity index is 0.00000115. The minimum absolute atomic E-state index is 0.250. The standard InChI is InChI=1S/C27H34N4O2.CH3NO/c1-4-31-26-19-23(33-18-6-13-30-16-14-29(3)15-17-30)11-12-24(26)25(20-28)27(31)21-7-9-22(10-8-21)32-5-2;2-1-3/h7-12,19H,4-6,13-18H2,1-3H3;1H,(H2,2,3). The molecule has 3 aromatic rings. The summed E-state index contributed by atoms with van der Waals surface area (Å²) in [6, 6.07) is 16.5. The molecule has 0 saturated carbocycles. The molecule has 1 fully saturated rings. The van der Waals surface area contributed by atoms with Crippen molar-refractivity contribution in [3.8, 4) is 28.8 Å². The molecule has 0 spiro atoms. The largest absolute Gasteiger partial charge is 0.494 e. The van der Waals surface area contributed by atoms with Gasteiger partial charge in [-0.1, -0.05) is 0 Å². The molecule has 1 saturated heterocycles. The zero-order chi connectivity index (χ0) is 25.9. The molecular formula is C28H37N5O3. The van der Waals surface area contributed by atoms with E-state index in [2.05, 4.69) is 46.2 Å². The summed E-state index contributed by atoms with van der Waals surface area (Å²) in [4.78, 5) is 13.5. The van der Waals surface area contributed by atoms with E-state index in [1.54, 1.807) is 0 Å². The molecule has 0 aliphatic carbocycles. The third-order valence-corrected chi connectivity index (χ3v) is 6.39. The van der Waals surface area contributed by atoms with Crippen LogP contribution in [0.15, 0.2) is 42.5 Å². The van der Waals surface area contributed by atoms with Gasteiger partial charge in [-0.05, 0) is 69.3 Å². The summed E-state index contributed by atoms with van der Waals surface area (Å²) >= 11 is 0. The summed E-state index contributed by atoms with van der Waals surface area (Å²) in [6.45, 7) is 11.8. The number of benzene rings is 2. The highest BCUT2D eigenvalue weighted by Crippen LogP contribution is 2.36. The second-order valence-corrected chi connectivity index (χ2v) is 8.70. The molecule has 1 aromatic heterocycles. The number of nitrogens with zero attached hydrogens (tertiary/aromatic N) is 4. The number of rotatable bonds is 9. The number of carbonyl (C=O) groups excluding carboxylic acids is 1. The summed E-state index contributed by atoms with van der Waals surface area (Å²) in [7, 11) is 2.18. The van der Waals surface area contributed by atoms with Crippen molar-refractivity contribution in [1.82, 2.24) is 14.4 Å². The average molecular weight is 492 g/mol. The number of aryl methyl sites for hydroxylation is 1. The van der Waals surface area contributed by atoms with Gasteiger partial charge in [0, 0.05) is 50.7 Å². The third-order valence-electron chi connectivity index (χ3n) is 6.39. The number of hydrogen-bond acceptors (Lipinski definition) is 6. The highest BCUT2D eigenvalue weighted by Gasteiger charge is 2.19. The van der Waals surface area contributed by atoms with Crippen LogP contribution < -0.4 is 15.2 Å². The van der Waals surface area contributed by atoms with Crippen LogP contribution in [0.3, 0.4) is 0 Å². The van der Waals surface area contributed by atoms with Gasteiger partial charge >= 0.3 is 0 Å². The van der Waals surface area contributed by atoms with Crippen molar-refractivity contribution in [2.45, 2.75) is 26.8 Å². The molecule has 2 N–H and O–H groups in total. The first kappa shape index (κ1) is 27.1. The van der Waals surface area contributed by atoms with Crippen LogP contribution >= 0.6 is 0 Å². The normalized spacial score (nSPS) is 14.1. The Bertz CT molecular complexity index is 1160. The lowest BCUT2D eigenvalue weighted by Gasteiger charge is -2.32. The number of fused-ring (bicyclic) bond motifs is 1. The number of hydrogen-bond donors (Lipinski definition) is 1. The number of amides is 1. The second kappa shape index (κ2) is 13.5. The predicted octanol–water partition coefficient (Wildman–Crippen LogP) is 3.72. The Morgan fingerprint density at radius 2 is 1.69 bits per heavy atom. The lowest BCUT2D eigenvalue weighted by molar-refractivity contribution is -0.106. The van der Waals surface area contributed by atoms with Crippen LogP contribution in [0, 0.1) is 11.3 Å². The van der Waals surface area contributed by atoms with E-state index in [9.17, 15) is 5.26 Å². The van der Waals surface area contributed by atoms with E-state index in [0.29, 0.717) is 18.8 Å². The summed E-state index contributed by atoms with van der Waals surface area (Å²) < 4.78 is 13.9. The first-order valence-electron chi connectivity index (χ1n) is 12.5. The fraction of sp³-hybridized carbons (Fsp3) is 0.429. The van der Waals surface area contributed by atoms with Crippen molar-refractivity contribution >= 4 is 17.3 Å². The summed E-state index contributed by atoms with van der Waals surface area (Å²) in [5, 5.41) is 10.9. The monoisotopic (exact) mass is 491 g/mol. The van der Waals surface area contributed by atoms with Gasteiger partial charge in [-0.3, -0.25) is 4.79 Å². The molecule has 192 valence electrons. The topological polar surface area (TPSA) is 96.8 Å². The number of likely N-dealkylation sites (N-methyl/N-ethyl adjacent to an activating group) is 1. The molecule has 2 heterocycles. The van der Waals surface area contributed by atoms with E-state index >= 15 is 0 Å². The minimum Gasteiger partial charge on any atom is -0.494 e. The summed E-state index contributed by atoms with van der Waals surface area (Å²) in [5.41, 5.74) is 7.88. The lowest BCUT2D eigenvalue weighted by Crippen LogP contribution is -2.44. The van der Waals surface area contributed by atoms with E-state index in [1.165, 1.54) is 0 Å². The van der Waals surface area contributed by atoms with E-state index < -0.39 is 0 Å². The number of carbonyl (C=O) groups is 1. The maximum absolute atomic E-state index is 9.98. The number of ether oxygens (including phenoxy) is 2. The Hall–Kier alpha value is -3.54. The highest BCUT2D eigenvalue weighted by molar-refractivity contribution is 5.95. The quantitative estimate of drug-likeness (QED) is 0.362. The first-order valence-corrected chi connectivity index (χ1v) is 12.5. The molecule has 0 atom stereocenters. The zero-order valence-corrected chi connectivity index (χ0v) is 21.6. The van der Waals surface area contributed by atoms with Gasteiger partial charge in [0.25, 0.3) is 0 Å². The van der Waals surface area contributed by atoms with Crippen molar-refractivity contribution in [1.29, 1.82) is 5.26 Å². The van der Waals surface area contributed by atoms with E-state index in [0.717, 1.165) is 79.3 Å². The number of aromatic nitrogens is 1. The summed E-state index contributed by atoms with van der Waals surface area (Å²) in [6.07, 6.45) is 1.26. The van der Waals surface area contributed by atoms with Gasteiger partial charge in [0.2, 0.25) is 6.41 Å². The van der Waals surface area contributed by atoms with Crippen LogP contribution in [0.25, 0.3) is 22.2 Å². The Morgan fingerprint density at radius 3 is 2.31 bits per heavy atom. The summed E-state index contributed by atoms with van der Waals surface area (Å²) in [5.74, 6) is 1.70. The molecular weight excluding hydrogens is 454 g/mol. The average Bonchev–Trinajstić information content (AvgIpc) is 3.21. The smallest absolute Gasteiger partial charge is 0.204 e. The molecule has 2 aromatic carbocycles. The van der Waals surface area contributed by atoms with Gasteiger partial charge in [0.1, 0.15) is 17.6 Å².